The van der Waals surface area contributed by atoms with Crippen molar-refractivity contribution in [2.24, 2.45) is 0 Å². The van der Waals surface area contributed by atoms with Crippen molar-refractivity contribution >= 4 is 0 Å². The number of nitrogens with one attached hydrogen (secondary N) is 1. The smallest absolute Gasteiger partial charge is 0.161 e. The molecule has 2 atom stereocenters. The Morgan fingerprint density at radius 2 is 2.16 bits per heavy atom. The molecule has 102 valence electrons. The van der Waals surface area contributed by atoms with E-state index in [0.29, 0.717) is 6.61 Å². The van der Waals surface area contributed by atoms with Crippen LogP contribution in [-0.2, 0) is 0 Å². The maximum absolute atomic E-state index is 6.04. The predicted molar refractivity (Wildman–Crippen MR) is 76.5 cm³/mol. The van der Waals surface area contributed by atoms with Crippen LogP contribution in [0, 0.1) is 11.8 Å². The SMILES string of the molecule is CC#CCCC(NCC)C1COc2ccccc2O1. The lowest BCUT2D eigenvalue weighted by Gasteiger charge is -2.32. The standard InChI is InChI=1S/C16H21NO2/c1-3-5-6-9-13(17-4-2)16-12-18-14-10-7-8-11-15(14)19-16/h7-8,10-11,13,16-17H,4,6,9,12H2,1-2H3. The minimum atomic E-state index is 0.0495. The third-order valence-electron chi connectivity index (χ3n) is 3.20. The number of para-hydroxylation sites is 2. The van der Waals surface area contributed by atoms with Crippen molar-refractivity contribution in [3.63, 3.8) is 0 Å². The first-order valence-electron chi connectivity index (χ1n) is 6.86. The number of rotatable bonds is 5. The van der Waals surface area contributed by atoms with E-state index in [1.165, 1.54) is 0 Å². The lowest BCUT2D eigenvalue weighted by Crippen LogP contribution is -2.47. The second kappa shape index (κ2) is 7.06. The molecule has 3 heteroatoms. The predicted octanol–water partition coefficient (Wildman–Crippen LogP) is 2.61. The largest absolute Gasteiger partial charge is 0.486 e. The molecule has 0 saturated heterocycles. The number of likely N-dealkylation sites (N-methyl/N-ethyl adjacent to an activating group) is 1. The minimum absolute atomic E-state index is 0.0495. The van der Waals surface area contributed by atoms with E-state index in [1.807, 2.05) is 31.2 Å². The molecule has 0 fully saturated rings. The van der Waals surface area contributed by atoms with E-state index in [0.717, 1.165) is 30.9 Å². The van der Waals surface area contributed by atoms with Crippen LogP contribution in [0.2, 0.25) is 0 Å². The number of ether oxygens (including phenoxy) is 2. The van der Waals surface area contributed by atoms with Crippen molar-refractivity contribution in [3.8, 4) is 23.3 Å². The molecule has 0 aliphatic carbocycles. The summed E-state index contributed by atoms with van der Waals surface area (Å²) in [5.74, 6) is 7.71. The molecule has 3 nitrogen and oxygen atoms in total. The summed E-state index contributed by atoms with van der Waals surface area (Å²) in [5, 5.41) is 3.47. The molecule has 0 aromatic heterocycles. The normalized spacial score (nSPS) is 18.3. The van der Waals surface area contributed by atoms with E-state index in [2.05, 4.69) is 24.1 Å². The number of fused-ring (bicyclic) bond motifs is 1. The van der Waals surface area contributed by atoms with Crippen LogP contribution in [0.25, 0.3) is 0 Å². The summed E-state index contributed by atoms with van der Waals surface area (Å²) in [6, 6.07) is 8.10. The third kappa shape index (κ3) is 3.65. The molecule has 19 heavy (non-hydrogen) atoms. The monoisotopic (exact) mass is 259 g/mol. The fraction of sp³-hybridized carbons (Fsp3) is 0.500. The summed E-state index contributed by atoms with van der Waals surface area (Å²) in [5.41, 5.74) is 0. The maximum atomic E-state index is 6.04. The highest BCUT2D eigenvalue weighted by Crippen LogP contribution is 2.32. The lowest BCUT2D eigenvalue weighted by atomic mass is 10.0. The van der Waals surface area contributed by atoms with Crippen LogP contribution >= 0.6 is 0 Å². The topological polar surface area (TPSA) is 30.5 Å². The fourth-order valence-corrected chi connectivity index (χ4v) is 2.27. The Labute approximate surface area is 115 Å². The van der Waals surface area contributed by atoms with E-state index in [4.69, 9.17) is 9.47 Å². The van der Waals surface area contributed by atoms with Crippen LogP contribution in [0.3, 0.4) is 0 Å². The Morgan fingerprint density at radius 1 is 1.37 bits per heavy atom. The Kier molecular flexibility index (Phi) is 5.11. The van der Waals surface area contributed by atoms with Crippen LogP contribution in [0.1, 0.15) is 26.7 Å². The molecule has 0 radical (unpaired) electrons. The van der Waals surface area contributed by atoms with Gasteiger partial charge in [-0.3, -0.25) is 0 Å². The molecule has 1 aromatic rings. The summed E-state index contributed by atoms with van der Waals surface area (Å²) < 4.78 is 11.8. The molecule has 1 aliphatic rings. The summed E-state index contributed by atoms with van der Waals surface area (Å²) in [4.78, 5) is 0. The van der Waals surface area contributed by atoms with Crippen LogP contribution in [0.15, 0.2) is 24.3 Å². The van der Waals surface area contributed by atoms with Gasteiger partial charge in [0, 0.05) is 12.5 Å². The van der Waals surface area contributed by atoms with E-state index < -0.39 is 0 Å². The molecule has 1 aromatic carbocycles. The summed E-state index contributed by atoms with van der Waals surface area (Å²) in [6.45, 7) is 5.49. The number of hydrogen-bond donors (Lipinski definition) is 1. The Morgan fingerprint density at radius 3 is 2.89 bits per heavy atom. The minimum Gasteiger partial charge on any atom is -0.486 e. The highest BCUT2D eigenvalue weighted by Gasteiger charge is 2.27. The second-order valence-electron chi connectivity index (χ2n) is 4.54. The molecule has 0 amide bonds. The van der Waals surface area contributed by atoms with Crippen molar-refractivity contribution in [3.05, 3.63) is 24.3 Å². The third-order valence-corrected chi connectivity index (χ3v) is 3.20. The highest BCUT2D eigenvalue weighted by molar-refractivity contribution is 5.40. The quantitative estimate of drug-likeness (QED) is 0.825. The Hall–Kier alpha value is -1.66. The van der Waals surface area contributed by atoms with E-state index in [9.17, 15) is 0 Å². The average Bonchev–Trinajstić information content (AvgIpc) is 2.46. The molecular formula is C16H21NO2. The molecule has 1 N–H and O–H groups in total. The van der Waals surface area contributed by atoms with E-state index in [-0.39, 0.29) is 12.1 Å². The van der Waals surface area contributed by atoms with Gasteiger partial charge in [-0.1, -0.05) is 19.1 Å². The molecule has 1 heterocycles. The van der Waals surface area contributed by atoms with E-state index >= 15 is 0 Å². The van der Waals surface area contributed by atoms with Crippen molar-refractivity contribution in [2.75, 3.05) is 13.2 Å². The zero-order valence-electron chi connectivity index (χ0n) is 11.6. The van der Waals surface area contributed by atoms with Crippen LogP contribution in [-0.4, -0.2) is 25.3 Å². The van der Waals surface area contributed by atoms with Crippen molar-refractivity contribution < 1.29 is 9.47 Å². The molecule has 1 aliphatic heterocycles. The van der Waals surface area contributed by atoms with Gasteiger partial charge in [0.15, 0.2) is 11.5 Å². The van der Waals surface area contributed by atoms with Crippen molar-refractivity contribution in [2.45, 2.75) is 38.8 Å². The molecular weight excluding hydrogens is 238 g/mol. The fourth-order valence-electron chi connectivity index (χ4n) is 2.27. The molecule has 0 spiro atoms. The molecule has 0 bridgehead atoms. The van der Waals surface area contributed by atoms with Gasteiger partial charge in [-0.05, 0) is 32.0 Å². The van der Waals surface area contributed by atoms with Crippen LogP contribution < -0.4 is 14.8 Å². The van der Waals surface area contributed by atoms with Gasteiger partial charge >= 0.3 is 0 Å². The summed E-state index contributed by atoms with van der Waals surface area (Å²) >= 11 is 0. The maximum Gasteiger partial charge on any atom is 0.161 e. The van der Waals surface area contributed by atoms with Crippen molar-refractivity contribution in [1.82, 2.24) is 5.32 Å². The van der Waals surface area contributed by atoms with E-state index in [1.54, 1.807) is 0 Å². The van der Waals surface area contributed by atoms with Gasteiger partial charge in [0.2, 0.25) is 0 Å². The first kappa shape index (κ1) is 13.8. The zero-order chi connectivity index (χ0) is 13.5. The first-order valence-corrected chi connectivity index (χ1v) is 6.86. The Balaban J connectivity index is 2.00. The first-order chi connectivity index (χ1) is 9.35. The van der Waals surface area contributed by atoms with Gasteiger partial charge in [0.05, 0.1) is 0 Å². The lowest BCUT2D eigenvalue weighted by molar-refractivity contribution is 0.0604. The molecule has 0 saturated carbocycles. The van der Waals surface area contributed by atoms with Gasteiger partial charge in [-0.25, -0.2) is 0 Å². The number of hydrogen-bond acceptors (Lipinski definition) is 3. The zero-order valence-corrected chi connectivity index (χ0v) is 11.6. The van der Waals surface area contributed by atoms with Gasteiger partial charge in [-0.15, -0.1) is 11.8 Å². The van der Waals surface area contributed by atoms with Gasteiger partial charge < -0.3 is 14.8 Å². The van der Waals surface area contributed by atoms with Gasteiger partial charge in [0.1, 0.15) is 12.7 Å². The molecule has 2 rings (SSSR count). The average molecular weight is 259 g/mol. The van der Waals surface area contributed by atoms with Gasteiger partial charge in [-0.2, -0.15) is 0 Å². The Bertz CT molecular complexity index is 461. The number of benzene rings is 1. The molecule has 2 unspecified atom stereocenters. The van der Waals surface area contributed by atoms with Crippen LogP contribution in [0.4, 0.5) is 0 Å². The van der Waals surface area contributed by atoms with Crippen LogP contribution in [0.5, 0.6) is 11.5 Å². The second-order valence-corrected chi connectivity index (χ2v) is 4.54. The summed E-state index contributed by atoms with van der Waals surface area (Å²) in [7, 11) is 0. The van der Waals surface area contributed by atoms with Gasteiger partial charge in [0.25, 0.3) is 0 Å². The summed E-state index contributed by atoms with van der Waals surface area (Å²) in [6.07, 6.45) is 1.91. The van der Waals surface area contributed by atoms with Crippen molar-refractivity contribution in [1.29, 1.82) is 0 Å². The highest BCUT2D eigenvalue weighted by atomic mass is 16.6.